The van der Waals surface area contributed by atoms with Gasteiger partial charge in [0, 0.05) is 50.0 Å². The third-order valence-corrected chi connectivity index (χ3v) is 7.10. The van der Waals surface area contributed by atoms with E-state index in [0.717, 1.165) is 44.0 Å². The van der Waals surface area contributed by atoms with Crippen molar-refractivity contribution in [1.82, 2.24) is 4.90 Å². The molecule has 5 heteroatoms. The molecule has 1 fully saturated rings. The van der Waals surface area contributed by atoms with Crippen LogP contribution in [0.1, 0.15) is 18.9 Å². The highest BCUT2D eigenvalue weighted by Gasteiger charge is 2.46. The molecule has 1 atom stereocenters. The number of anilines is 2. The van der Waals surface area contributed by atoms with Crippen molar-refractivity contribution in [1.29, 1.82) is 0 Å². The number of rotatable bonds is 4. The SMILES string of the molecule is CN1C(=O)C(C)(CCN2CCN(c3cccc4ccccc34)CC2)c2cc(F)ccc21. The molecule has 31 heavy (non-hydrogen) atoms. The molecule has 2 aliphatic heterocycles. The van der Waals surface area contributed by atoms with Gasteiger partial charge in [-0.15, -0.1) is 0 Å². The molecule has 0 saturated carbocycles. The van der Waals surface area contributed by atoms with Crippen LogP contribution in [0.25, 0.3) is 10.8 Å². The summed E-state index contributed by atoms with van der Waals surface area (Å²) in [6.07, 6.45) is 0.695. The summed E-state index contributed by atoms with van der Waals surface area (Å²) in [7, 11) is 1.78. The van der Waals surface area contributed by atoms with E-state index in [1.807, 2.05) is 6.92 Å². The van der Waals surface area contributed by atoms with E-state index in [9.17, 15) is 9.18 Å². The van der Waals surface area contributed by atoms with Crippen LogP contribution in [-0.2, 0) is 10.2 Å². The Morgan fingerprint density at radius 2 is 1.68 bits per heavy atom. The van der Waals surface area contributed by atoms with Crippen molar-refractivity contribution in [2.45, 2.75) is 18.8 Å². The van der Waals surface area contributed by atoms with E-state index in [4.69, 9.17) is 0 Å². The summed E-state index contributed by atoms with van der Waals surface area (Å²) in [6, 6.07) is 19.7. The maximum atomic E-state index is 13.9. The molecule has 1 unspecified atom stereocenters. The first-order chi connectivity index (χ1) is 15.0. The Labute approximate surface area is 182 Å². The predicted octanol–water partition coefficient (Wildman–Crippen LogP) is 4.43. The minimum absolute atomic E-state index is 0.0579. The molecule has 3 aromatic rings. The summed E-state index contributed by atoms with van der Waals surface area (Å²) in [6.45, 7) is 6.63. The molecule has 5 rings (SSSR count). The van der Waals surface area contributed by atoms with Gasteiger partial charge in [-0.25, -0.2) is 4.39 Å². The number of piperazine rings is 1. The fourth-order valence-electron chi connectivity index (χ4n) is 5.16. The molecule has 0 bridgehead atoms. The highest BCUT2D eigenvalue weighted by molar-refractivity contribution is 6.07. The topological polar surface area (TPSA) is 26.8 Å². The number of halogens is 1. The number of hydrogen-bond acceptors (Lipinski definition) is 3. The Balaban J connectivity index is 1.27. The molecule has 0 aromatic heterocycles. The number of benzene rings is 3. The number of hydrogen-bond donors (Lipinski definition) is 0. The first-order valence-corrected chi connectivity index (χ1v) is 11.0. The average molecular weight is 418 g/mol. The lowest BCUT2D eigenvalue weighted by Gasteiger charge is -2.37. The quantitative estimate of drug-likeness (QED) is 0.629. The smallest absolute Gasteiger partial charge is 0.237 e. The van der Waals surface area contributed by atoms with Gasteiger partial charge in [0.05, 0.1) is 5.41 Å². The normalized spacial score (nSPS) is 21.7. The first kappa shape index (κ1) is 20.0. The van der Waals surface area contributed by atoms with E-state index < -0.39 is 5.41 Å². The van der Waals surface area contributed by atoms with Crippen molar-refractivity contribution < 1.29 is 9.18 Å². The molecule has 0 N–H and O–H groups in total. The van der Waals surface area contributed by atoms with Crippen LogP contribution in [0.2, 0.25) is 0 Å². The molecular formula is C26H28FN3O. The average Bonchev–Trinajstić information content (AvgIpc) is 2.99. The van der Waals surface area contributed by atoms with E-state index in [-0.39, 0.29) is 11.7 Å². The van der Waals surface area contributed by atoms with Crippen LogP contribution in [0.4, 0.5) is 15.8 Å². The van der Waals surface area contributed by atoms with Crippen molar-refractivity contribution in [2.75, 3.05) is 49.6 Å². The number of fused-ring (bicyclic) bond motifs is 2. The second kappa shape index (κ2) is 7.65. The summed E-state index contributed by atoms with van der Waals surface area (Å²) in [5.41, 5.74) is 2.27. The third kappa shape index (κ3) is 3.37. The monoisotopic (exact) mass is 417 g/mol. The molecular weight excluding hydrogens is 389 g/mol. The van der Waals surface area contributed by atoms with E-state index in [0.29, 0.717) is 6.42 Å². The fraction of sp³-hybridized carbons (Fsp3) is 0.346. The number of carbonyl (C=O) groups excluding carboxylic acids is 1. The molecule has 160 valence electrons. The van der Waals surface area contributed by atoms with Crippen LogP contribution in [0, 0.1) is 5.82 Å². The van der Waals surface area contributed by atoms with Crippen molar-refractivity contribution in [3.8, 4) is 0 Å². The van der Waals surface area contributed by atoms with Crippen LogP contribution >= 0.6 is 0 Å². The van der Waals surface area contributed by atoms with Crippen LogP contribution in [0.3, 0.4) is 0 Å². The first-order valence-electron chi connectivity index (χ1n) is 11.0. The molecule has 0 radical (unpaired) electrons. The van der Waals surface area contributed by atoms with E-state index in [1.54, 1.807) is 18.0 Å². The Hall–Kier alpha value is -2.92. The zero-order valence-corrected chi connectivity index (χ0v) is 18.1. The molecule has 1 amide bonds. The van der Waals surface area contributed by atoms with Gasteiger partial charge < -0.3 is 9.80 Å². The molecule has 0 spiro atoms. The maximum absolute atomic E-state index is 13.9. The van der Waals surface area contributed by atoms with E-state index in [2.05, 4.69) is 52.3 Å². The Kier molecular flexibility index (Phi) is 4.94. The number of nitrogens with zero attached hydrogens (tertiary/aromatic N) is 3. The van der Waals surface area contributed by atoms with Gasteiger partial charge in [-0.05, 0) is 55.1 Å². The molecule has 4 nitrogen and oxygen atoms in total. The van der Waals surface area contributed by atoms with Crippen molar-refractivity contribution in [2.24, 2.45) is 0 Å². The second-order valence-corrected chi connectivity index (χ2v) is 8.93. The van der Waals surface area contributed by atoms with Gasteiger partial charge >= 0.3 is 0 Å². The summed E-state index contributed by atoms with van der Waals surface area (Å²) >= 11 is 0. The standard InChI is InChI=1S/C26H28FN3O/c1-26(22-18-20(27)10-11-24(22)28(2)25(26)31)12-13-29-14-16-30(17-15-29)23-9-5-7-19-6-3-4-8-21(19)23/h3-11,18H,12-17H2,1-2H3. The summed E-state index contributed by atoms with van der Waals surface area (Å²) in [5, 5.41) is 2.56. The minimum atomic E-state index is -0.668. The lowest BCUT2D eigenvalue weighted by Crippen LogP contribution is -2.48. The number of carbonyl (C=O) groups is 1. The van der Waals surface area contributed by atoms with Crippen LogP contribution in [0.15, 0.2) is 60.7 Å². The summed E-state index contributed by atoms with van der Waals surface area (Å²) < 4.78 is 13.9. The molecule has 1 saturated heterocycles. The van der Waals surface area contributed by atoms with Gasteiger partial charge in [0.15, 0.2) is 0 Å². The predicted molar refractivity (Wildman–Crippen MR) is 124 cm³/mol. The Bertz CT molecular complexity index is 1130. The second-order valence-electron chi connectivity index (χ2n) is 8.93. The van der Waals surface area contributed by atoms with Crippen LogP contribution < -0.4 is 9.80 Å². The Morgan fingerprint density at radius 3 is 2.48 bits per heavy atom. The van der Waals surface area contributed by atoms with Crippen molar-refractivity contribution in [3.63, 3.8) is 0 Å². The van der Waals surface area contributed by atoms with Gasteiger partial charge in [-0.2, -0.15) is 0 Å². The lowest BCUT2D eigenvalue weighted by atomic mass is 9.80. The third-order valence-electron chi connectivity index (χ3n) is 7.10. The minimum Gasteiger partial charge on any atom is -0.368 e. The molecule has 0 aliphatic carbocycles. The highest BCUT2D eigenvalue weighted by Crippen LogP contribution is 2.43. The highest BCUT2D eigenvalue weighted by atomic mass is 19.1. The van der Waals surface area contributed by atoms with E-state index in [1.165, 1.54) is 28.6 Å². The van der Waals surface area contributed by atoms with Gasteiger partial charge in [0.1, 0.15) is 5.82 Å². The lowest BCUT2D eigenvalue weighted by molar-refractivity contribution is -0.122. The van der Waals surface area contributed by atoms with Crippen LogP contribution in [-0.4, -0.2) is 50.6 Å². The largest absolute Gasteiger partial charge is 0.368 e. The van der Waals surface area contributed by atoms with Gasteiger partial charge in [-0.3, -0.25) is 9.69 Å². The molecule has 2 aliphatic rings. The van der Waals surface area contributed by atoms with Gasteiger partial charge in [-0.1, -0.05) is 36.4 Å². The number of likely N-dealkylation sites (N-methyl/N-ethyl adjacent to an activating group) is 1. The fourth-order valence-corrected chi connectivity index (χ4v) is 5.16. The summed E-state index contributed by atoms with van der Waals surface area (Å²) in [5.74, 6) is -0.223. The molecule has 3 aromatic carbocycles. The zero-order chi connectivity index (χ0) is 21.6. The van der Waals surface area contributed by atoms with Crippen molar-refractivity contribution in [3.05, 3.63) is 72.0 Å². The Morgan fingerprint density at radius 1 is 0.935 bits per heavy atom. The van der Waals surface area contributed by atoms with Crippen molar-refractivity contribution >= 4 is 28.1 Å². The van der Waals surface area contributed by atoms with Gasteiger partial charge in [0.25, 0.3) is 0 Å². The maximum Gasteiger partial charge on any atom is 0.237 e. The van der Waals surface area contributed by atoms with E-state index >= 15 is 0 Å². The van der Waals surface area contributed by atoms with Crippen LogP contribution in [0.5, 0.6) is 0 Å². The number of amides is 1. The molecule has 2 heterocycles. The van der Waals surface area contributed by atoms with Gasteiger partial charge in [0.2, 0.25) is 5.91 Å². The zero-order valence-electron chi connectivity index (χ0n) is 18.1. The summed E-state index contributed by atoms with van der Waals surface area (Å²) in [4.78, 5) is 19.6.